The molecule has 0 saturated carbocycles. The molecule has 2 aromatic carbocycles. The van der Waals surface area contributed by atoms with Gasteiger partial charge in [0.25, 0.3) is 5.91 Å². The van der Waals surface area contributed by atoms with Crippen LogP contribution in [0.5, 0.6) is 5.75 Å². The number of aryl methyl sites for hydroxylation is 2. The van der Waals surface area contributed by atoms with Crippen molar-refractivity contribution in [3.8, 4) is 17.1 Å². The van der Waals surface area contributed by atoms with E-state index < -0.39 is 18.5 Å². The number of halogens is 1. The van der Waals surface area contributed by atoms with Gasteiger partial charge in [0.2, 0.25) is 11.7 Å². The van der Waals surface area contributed by atoms with Crippen molar-refractivity contribution >= 4 is 29.2 Å². The smallest absolute Gasteiger partial charge is 0.306 e. The zero-order valence-electron chi connectivity index (χ0n) is 16.5. The second kappa shape index (κ2) is 9.89. The summed E-state index contributed by atoms with van der Waals surface area (Å²) in [6, 6.07) is 12.6. The fourth-order valence-corrected chi connectivity index (χ4v) is 2.76. The maximum atomic E-state index is 12.1. The number of anilines is 1. The van der Waals surface area contributed by atoms with E-state index >= 15 is 0 Å². The standard InChI is InChI=1S/C21H20ClN3O5/c1-13-10-16(17(28-2)11-15(13)22)23-18(26)12-29-20(27)9-8-19-24-21(25-30-19)14-6-4-3-5-7-14/h3-7,10-11H,8-9,12H2,1-2H3,(H,23,26). The van der Waals surface area contributed by atoms with Crippen LogP contribution in [0.1, 0.15) is 17.9 Å². The zero-order chi connectivity index (χ0) is 21.5. The highest BCUT2D eigenvalue weighted by atomic mass is 35.5. The van der Waals surface area contributed by atoms with Crippen LogP contribution in [0.3, 0.4) is 0 Å². The number of nitrogens with zero attached hydrogens (tertiary/aromatic N) is 2. The van der Waals surface area contributed by atoms with Gasteiger partial charge in [-0.2, -0.15) is 4.98 Å². The van der Waals surface area contributed by atoms with Gasteiger partial charge in [-0.25, -0.2) is 0 Å². The van der Waals surface area contributed by atoms with Gasteiger partial charge in [-0.15, -0.1) is 0 Å². The Morgan fingerprint density at radius 1 is 1.20 bits per heavy atom. The fraction of sp³-hybridized carbons (Fsp3) is 0.238. The average Bonchev–Trinajstić information content (AvgIpc) is 3.23. The van der Waals surface area contributed by atoms with Crippen LogP contribution >= 0.6 is 11.6 Å². The highest BCUT2D eigenvalue weighted by molar-refractivity contribution is 6.31. The Morgan fingerprint density at radius 2 is 1.97 bits per heavy atom. The second-order valence-corrected chi connectivity index (χ2v) is 6.80. The van der Waals surface area contributed by atoms with E-state index in [1.807, 2.05) is 30.3 Å². The summed E-state index contributed by atoms with van der Waals surface area (Å²) in [5.41, 5.74) is 2.04. The number of rotatable bonds is 8. The number of hydrogen-bond donors (Lipinski definition) is 1. The van der Waals surface area contributed by atoms with Crippen molar-refractivity contribution < 1.29 is 23.6 Å². The highest BCUT2D eigenvalue weighted by Gasteiger charge is 2.14. The SMILES string of the molecule is COc1cc(Cl)c(C)cc1NC(=O)COC(=O)CCc1nc(-c2ccccc2)no1. The second-order valence-electron chi connectivity index (χ2n) is 6.39. The lowest BCUT2D eigenvalue weighted by Crippen LogP contribution is -2.21. The summed E-state index contributed by atoms with van der Waals surface area (Å²) in [6.07, 6.45) is 0.220. The Morgan fingerprint density at radius 3 is 2.70 bits per heavy atom. The summed E-state index contributed by atoms with van der Waals surface area (Å²) in [5.74, 6) is 0.134. The highest BCUT2D eigenvalue weighted by Crippen LogP contribution is 2.30. The molecule has 3 aromatic rings. The molecule has 156 valence electrons. The molecule has 0 atom stereocenters. The topological polar surface area (TPSA) is 104 Å². The number of amides is 1. The summed E-state index contributed by atoms with van der Waals surface area (Å²) in [7, 11) is 1.47. The van der Waals surface area contributed by atoms with E-state index in [0.29, 0.717) is 28.2 Å². The number of nitrogens with one attached hydrogen (secondary N) is 1. The minimum Gasteiger partial charge on any atom is -0.495 e. The van der Waals surface area contributed by atoms with E-state index in [0.717, 1.165) is 11.1 Å². The first kappa shape index (κ1) is 21.3. The molecule has 1 aromatic heterocycles. The van der Waals surface area contributed by atoms with Gasteiger partial charge >= 0.3 is 5.97 Å². The van der Waals surface area contributed by atoms with Crippen LogP contribution in [-0.4, -0.2) is 35.7 Å². The van der Waals surface area contributed by atoms with Gasteiger partial charge in [-0.1, -0.05) is 47.1 Å². The van der Waals surface area contributed by atoms with Crippen LogP contribution in [-0.2, 0) is 20.7 Å². The molecule has 1 amide bonds. The number of methoxy groups -OCH3 is 1. The van der Waals surface area contributed by atoms with Crippen molar-refractivity contribution in [3.05, 3.63) is 58.9 Å². The van der Waals surface area contributed by atoms with Gasteiger partial charge in [-0.05, 0) is 18.6 Å². The van der Waals surface area contributed by atoms with Crippen molar-refractivity contribution in [2.75, 3.05) is 19.0 Å². The van der Waals surface area contributed by atoms with Gasteiger partial charge in [0.05, 0.1) is 19.2 Å². The van der Waals surface area contributed by atoms with Crippen LogP contribution in [0.2, 0.25) is 5.02 Å². The molecule has 0 aliphatic carbocycles. The summed E-state index contributed by atoms with van der Waals surface area (Å²) < 4.78 is 15.4. The number of hydrogen-bond acceptors (Lipinski definition) is 7. The quantitative estimate of drug-likeness (QED) is 0.543. The Labute approximate surface area is 178 Å². The Kier molecular flexibility index (Phi) is 7.03. The van der Waals surface area contributed by atoms with Crippen molar-refractivity contribution in [2.24, 2.45) is 0 Å². The molecule has 0 aliphatic heterocycles. The van der Waals surface area contributed by atoms with Crippen molar-refractivity contribution in [3.63, 3.8) is 0 Å². The maximum Gasteiger partial charge on any atom is 0.306 e. The fourth-order valence-electron chi connectivity index (χ4n) is 2.60. The van der Waals surface area contributed by atoms with E-state index in [9.17, 15) is 9.59 Å². The molecule has 0 radical (unpaired) electrons. The van der Waals surface area contributed by atoms with Crippen LogP contribution in [0, 0.1) is 6.92 Å². The molecule has 8 nitrogen and oxygen atoms in total. The largest absolute Gasteiger partial charge is 0.495 e. The molecule has 1 N–H and O–H groups in total. The van der Waals surface area contributed by atoms with Crippen molar-refractivity contribution in [1.29, 1.82) is 0 Å². The van der Waals surface area contributed by atoms with Crippen LogP contribution in [0.15, 0.2) is 47.0 Å². The lowest BCUT2D eigenvalue weighted by Gasteiger charge is -2.12. The molecule has 0 aliphatic rings. The molecule has 9 heteroatoms. The first-order chi connectivity index (χ1) is 14.5. The molecule has 0 spiro atoms. The monoisotopic (exact) mass is 429 g/mol. The predicted molar refractivity (Wildman–Crippen MR) is 110 cm³/mol. The summed E-state index contributed by atoms with van der Waals surface area (Å²) in [6.45, 7) is 1.38. The third-order valence-corrected chi connectivity index (χ3v) is 4.57. The van der Waals surface area contributed by atoms with Crippen LogP contribution in [0.25, 0.3) is 11.4 Å². The molecule has 0 bridgehead atoms. The minimum absolute atomic E-state index is 0.00702. The minimum atomic E-state index is -0.552. The number of esters is 1. The first-order valence-corrected chi connectivity index (χ1v) is 9.51. The molecular formula is C21H20ClN3O5. The number of aromatic nitrogens is 2. The molecule has 1 heterocycles. The molecule has 0 unspecified atom stereocenters. The lowest BCUT2D eigenvalue weighted by atomic mass is 10.2. The van der Waals surface area contributed by atoms with E-state index in [2.05, 4.69) is 15.5 Å². The lowest BCUT2D eigenvalue weighted by molar-refractivity contribution is -0.147. The Hall–Kier alpha value is -3.39. The van der Waals surface area contributed by atoms with Gasteiger partial charge in [0.1, 0.15) is 5.75 Å². The summed E-state index contributed by atoms with van der Waals surface area (Å²) in [5, 5.41) is 7.05. The van der Waals surface area contributed by atoms with E-state index in [4.69, 9.17) is 25.6 Å². The summed E-state index contributed by atoms with van der Waals surface area (Å²) in [4.78, 5) is 28.3. The Balaban J connectivity index is 1.47. The third kappa shape index (κ3) is 5.57. The van der Waals surface area contributed by atoms with Crippen LogP contribution in [0.4, 0.5) is 5.69 Å². The van der Waals surface area contributed by atoms with Crippen molar-refractivity contribution in [2.45, 2.75) is 19.8 Å². The number of carbonyl (C=O) groups excluding carboxylic acids is 2. The number of carbonyl (C=O) groups is 2. The Bertz CT molecular complexity index is 1040. The van der Waals surface area contributed by atoms with E-state index in [1.165, 1.54) is 7.11 Å². The molecule has 0 fully saturated rings. The molecule has 0 saturated heterocycles. The van der Waals surface area contributed by atoms with Crippen LogP contribution < -0.4 is 10.1 Å². The van der Waals surface area contributed by atoms with Gasteiger partial charge in [0.15, 0.2) is 6.61 Å². The zero-order valence-corrected chi connectivity index (χ0v) is 17.2. The van der Waals surface area contributed by atoms with Gasteiger partial charge < -0.3 is 19.3 Å². The molecule has 30 heavy (non-hydrogen) atoms. The number of benzene rings is 2. The first-order valence-electron chi connectivity index (χ1n) is 9.14. The third-order valence-electron chi connectivity index (χ3n) is 4.16. The molecular weight excluding hydrogens is 410 g/mol. The van der Waals surface area contributed by atoms with E-state index in [1.54, 1.807) is 19.1 Å². The van der Waals surface area contributed by atoms with E-state index in [-0.39, 0.29) is 12.8 Å². The molecule has 3 rings (SSSR count). The average molecular weight is 430 g/mol. The predicted octanol–water partition coefficient (Wildman–Crippen LogP) is 3.82. The van der Waals surface area contributed by atoms with Gasteiger partial charge in [0, 0.05) is 23.1 Å². The normalized spacial score (nSPS) is 10.5. The van der Waals surface area contributed by atoms with Crippen molar-refractivity contribution in [1.82, 2.24) is 10.1 Å². The summed E-state index contributed by atoms with van der Waals surface area (Å²) >= 11 is 6.05. The maximum absolute atomic E-state index is 12.1. The van der Waals surface area contributed by atoms with Gasteiger partial charge in [-0.3, -0.25) is 9.59 Å². The number of ether oxygens (including phenoxy) is 2.